The van der Waals surface area contributed by atoms with Crippen molar-refractivity contribution >= 4 is 34.4 Å². The number of phenolic OH excluding ortho intramolecular Hbond substituents is 1. The topological polar surface area (TPSA) is 100 Å². The number of aromatic hydroxyl groups is 1. The highest BCUT2D eigenvalue weighted by atomic mass is 32.1. The maximum Gasteiger partial charge on any atom is 0.269 e. The number of nitrogens with one attached hydrogen (secondary N) is 1. The zero-order chi connectivity index (χ0) is 23.5. The van der Waals surface area contributed by atoms with Crippen molar-refractivity contribution in [2.45, 2.75) is 19.4 Å². The standard InChI is InChI=1S/C24H22N4O4S/c1-15-12-16(10-11-22(15)29)20-14-21(17-6-5-7-18(13-17)28(30)31)27(26-20)24(33)25-19-8-3-4-9-23(19)32-2/h3-13,21,29H,14H2,1-2H3,(H,25,33). The number of rotatable bonds is 5. The van der Waals surface area contributed by atoms with E-state index in [1.807, 2.05) is 43.3 Å². The van der Waals surface area contributed by atoms with Crippen molar-refractivity contribution < 1.29 is 14.8 Å². The number of nitro benzene ring substituents is 1. The van der Waals surface area contributed by atoms with Crippen LogP contribution in [0.5, 0.6) is 11.5 Å². The predicted octanol–water partition coefficient (Wildman–Crippen LogP) is 5.17. The molecule has 9 heteroatoms. The molecule has 0 aliphatic carbocycles. The van der Waals surface area contributed by atoms with Crippen LogP contribution in [0.25, 0.3) is 0 Å². The first-order chi connectivity index (χ1) is 15.9. The van der Waals surface area contributed by atoms with Gasteiger partial charge in [-0.2, -0.15) is 5.10 Å². The van der Waals surface area contributed by atoms with Crippen LogP contribution < -0.4 is 10.1 Å². The minimum atomic E-state index is -0.417. The highest BCUT2D eigenvalue weighted by Gasteiger charge is 2.32. The zero-order valence-electron chi connectivity index (χ0n) is 18.1. The first kappa shape index (κ1) is 22.2. The van der Waals surface area contributed by atoms with Gasteiger partial charge in [0.25, 0.3) is 5.69 Å². The Kier molecular flexibility index (Phi) is 6.23. The van der Waals surface area contributed by atoms with Crippen LogP contribution >= 0.6 is 12.2 Å². The number of methoxy groups -OCH3 is 1. The van der Waals surface area contributed by atoms with Crippen LogP contribution in [0, 0.1) is 17.0 Å². The van der Waals surface area contributed by atoms with Gasteiger partial charge in [0.2, 0.25) is 0 Å². The van der Waals surface area contributed by atoms with Gasteiger partial charge in [0.15, 0.2) is 5.11 Å². The molecule has 33 heavy (non-hydrogen) atoms. The monoisotopic (exact) mass is 462 g/mol. The summed E-state index contributed by atoms with van der Waals surface area (Å²) in [5.41, 5.74) is 3.76. The first-order valence-electron chi connectivity index (χ1n) is 10.2. The molecular weight excluding hydrogens is 440 g/mol. The summed E-state index contributed by atoms with van der Waals surface area (Å²) in [4.78, 5) is 10.9. The van der Waals surface area contributed by atoms with Gasteiger partial charge < -0.3 is 15.2 Å². The number of benzene rings is 3. The van der Waals surface area contributed by atoms with Crippen LogP contribution in [0.2, 0.25) is 0 Å². The van der Waals surface area contributed by atoms with Gasteiger partial charge in [-0.15, -0.1) is 0 Å². The van der Waals surface area contributed by atoms with Gasteiger partial charge in [-0.1, -0.05) is 24.3 Å². The second kappa shape index (κ2) is 9.25. The van der Waals surface area contributed by atoms with Crippen LogP contribution in [0.15, 0.2) is 71.8 Å². The van der Waals surface area contributed by atoms with Crippen LogP contribution in [-0.2, 0) is 0 Å². The molecule has 168 valence electrons. The van der Waals surface area contributed by atoms with Crippen LogP contribution in [-0.4, -0.2) is 33.0 Å². The van der Waals surface area contributed by atoms with Gasteiger partial charge in [0.1, 0.15) is 11.5 Å². The third-order valence-electron chi connectivity index (χ3n) is 5.46. The average molecular weight is 463 g/mol. The SMILES string of the molecule is COc1ccccc1NC(=S)N1N=C(c2ccc(O)c(C)c2)CC1c1cccc([N+](=O)[O-])c1. The quantitative estimate of drug-likeness (QED) is 0.307. The molecule has 0 bridgehead atoms. The number of aryl methyl sites for hydroxylation is 1. The van der Waals surface area contributed by atoms with Crippen molar-refractivity contribution in [3.05, 3.63) is 93.5 Å². The molecule has 1 unspecified atom stereocenters. The Balaban J connectivity index is 1.71. The van der Waals surface area contributed by atoms with Crippen molar-refractivity contribution in [1.82, 2.24) is 5.01 Å². The highest BCUT2D eigenvalue weighted by Crippen LogP contribution is 2.36. The fourth-order valence-corrected chi connectivity index (χ4v) is 4.01. The molecular formula is C24H22N4O4S. The molecule has 1 atom stereocenters. The van der Waals surface area contributed by atoms with E-state index >= 15 is 0 Å². The lowest BCUT2D eigenvalue weighted by Gasteiger charge is -2.25. The summed E-state index contributed by atoms with van der Waals surface area (Å²) in [6.45, 7) is 1.82. The lowest BCUT2D eigenvalue weighted by atomic mass is 9.97. The number of hydrogen-bond donors (Lipinski definition) is 2. The fraction of sp³-hybridized carbons (Fsp3) is 0.167. The Morgan fingerprint density at radius 1 is 1.21 bits per heavy atom. The van der Waals surface area contributed by atoms with E-state index in [1.165, 1.54) is 6.07 Å². The molecule has 1 aliphatic heterocycles. The molecule has 0 spiro atoms. The number of ether oxygens (including phenoxy) is 1. The second-order valence-electron chi connectivity index (χ2n) is 7.59. The molecule has 0 saturated carbocycles. The third kappa shape index (κ3) is 4.63. The summed E-state index contributed by atoms with van der Waals surface area (Å²) >= 11 is 5.69. The highest BCUT2D eigenvalue weighted by molar-refractivity contribution is 7.80. The second-order valence-corrected chi connectivity index (χ2v) is 7.98. The van der Waals surface area contributed by atoms with Gasteiger partial charge >= 0.3 is 0 Å². The number of thiocarbonyl (C=S) groups is 1. The van der Waals surface area contributed by atoms with E-state index in [-0.39, 0.29) is 17.5 Å². The summed E-state index contributed by atoms with van der Waals surface area (Å²) in [7, 11) is 1.58. The minimum absolute atomic E-state index is 0.00461. The number of anilines is 1. The molecule has 3 aromatic carbocycles. The van der Waals surface area contributed by atoms with Crippen molar-refractivity contribution in [3.63, 3.8) is 0 Å². The Morgan fingerprint density at radius 3 is 2.73 bits per heavy atom. The maximum atomic E-state index is 11.3. The lowest BCUT2D eigenvalue weighted by Crippen LogP contribution is -2.31. The Morgan fingerprint density at radius 2 is 2.00 bits per heavy atom. The molecule has 3 aromatic rings. The minimum Gasteiger partial charge on any atom is -0.508 e. The van der Waals surface area contributed by atoms with Crippen LogP contribution in [0.3, 0.4) is 0 Å². The summed E-state index contributed by atoms with van der Waals surface area (Å²) < 4.78 is 5.40. The molecule has 0 amide bonds. The molecule has 1 heterocycles. The van der Waals surface area contributed by atoms with E-state index in [9.17, 15) is 15.2 Å². The van der Waals surface area contributed by atoms with Crippen LogP contribution in [0.4, 0.5) is 11.4 Å². The molecule has 1 aliphatic rings. The fourth-order valence-electron chi connectivity index (χ4n) is 3.73. The molecule has 0 aromatic heterocycles. The summed E-state index contributed by atoms with van der Waals surface area (Å²) in [5.74, 6) is 0.835. The van der Waals surface area contributed by atoms with E-state index in [0.29, 0.717) is 23.0 Å². The van der Waals surface area contributed by atoms with Crippen molar-refractivity contribution in [1.29, 1.82) is 0 Å². The average Bonchev–Trinajstić information content (AvgIpc) is 3.27. The molecule has 0 saturated heterocycles. The van der Waals surface area contributed by atoms with Gasteiger partial charge in [0.05, 0.1) is 29.5 Å². The maximum absolute atomic E-state index is 11.3. The Hall–Kier alpha value is -3.98. The molecule has 8 nitrogen and oxygen atoms in total. The van der Waals surface area contributed by atoms with Crippen molar-refractivity contribution in [2.75, 3.05) is 12.4 Å². The lowest BCUT2D eigenvalue weighted by molar-refractivity contribution is -0.384. The van der Waals surface area contributed by atoms with Crippen molar-refractivity contribution in [2.24, 2.45) is 5.10 Å². The Bertz CT molecular complexity index is 1260. The number of phenols is 1. The first-order valence-corrected chi connectivity index (χ1v) is 10.6. The normalized spacial score (nSPS) is 15.2. The third-order valence-corrected chi connectivity index (χ3v) is 5.75. The van der Waals surface area contributed by atoms with E-state index in [0.717, 1.165) is 22.4 Å². The van der Waals surface area contributed by atoms with E-state index in [4.69, 9.17) is 22.1 Å². The van der Waals surface area contributed by atoms with Gasteiger partial charge in [0, 0.05) is 18.6 Å². The number of nitrogens with zero attached hydrogens (tertiary/aromatic N) is 3. The van der Waals surface area contributed by atoms with E-state index < -0.39 is 4.92 Å². The summed E-state index contributed by atoms with van der Waals surface area (Å²) in [6, 6.07) is 18.8. The van der Waals surface area contributed by atoms with Gasteiger partial charge in [-0.25, -0.2) is 5.01 Å². The number of hydrazone groups is 1. The number of para-hydroxylation sites is 2. The van der Waals surface area contributed by atoms with E-state index in [2.05, 4.69) is 5.32 Å². The van der Waals surface area contributed by atoms with E-state index in [1.54, 1.807) is 36.4 Å². The van der Waals surface area contributed by atoms with Gasteiger partial charge in [-0.3, -0.25) is 10.1 Å². The van der Waals surface area contributed by atoms with Crippen LogP contribution in [0.1, 0.15) is 29.2 Å². The number of hydrogen-bond acceptors (Lipinski definition) is 6. The van der Waals surface area contributed by atoms with Gasteiger partial charge in [-0.05, 0) is 66.2 Å². The number of nitro groups is 1. The molecule has 0 fully saturated rings. The number of non-ortho nitro benzene ring substituents is 1. The Labute approximate surface area is 196 Å². The summed E-state index contributed by atoms with van der Waals surface area (Å²) in [6.07, 6.45) is 0.485. The molecule has 0 radical (unpaired) electrons. The predicted molar refractivity (Wildman–Crippen MR) is 131 cm³/mol. The smallest absolute Gasteiger partial charge is 0.269 e. The zero-order valence-corrected chi connectivity index (χ0v) is 18.9. The molecule has 2 N–H and O–H groups in total. The largest absolute Gasteiger partial charge is 0.508 e. The summed E-state index contributed by atoms with van der Waals surface area (Å²) in [5, 5.41) is 31.2. The van der Waals surface area contributed by atoms with Crippen molar-refractivity contribution in [3.8, 4) is 11.5 Å². The molecule has 4 rings (SSSR count).